The number of carbonyl (C=O) groups is 2. The van der Waals surface area contributed by atoms with Crippen LogP contribution < -0.4 is 10.3 Å². The quantitative estimate of drug-likeness (QED) is 0.646. The van der Waals surface area contributed by atoms with E-state index in [-0.39, 0.29) is 18.2 Å². The van der Waals surface area contributed by atoms with E-state index in [0.717, 1.165) is 29.7 Å². The first kappa shape index (κ1) is 21.7. The molecule has 1 aliphatic rings. The van der Waals surface area contributed by atoms with Crippen molar-refractivity contribution in [3.8, 4) is 0 Å². The highest BCUT2D eigenvalue weighted by Gasteiger charge is 2.26. The number of nitrogens with zero attached hydrogens (tertiary/aromatic N) is 2. The number of hydrogen-bond acceptors (Lipinski definition) is 4. The number of aryl methyl sites for hydroxylation is 2. The van der Waals surface area contributed by atoms with E-state index in [9.17, 15) is 9.59 Å². The first-order chi connectivity index (χ1) is 14.5. The Balaban J connectivity index is 1.44. The van der Waals surface area contributed by atoms with Crippen LogP contribution in [0.15, 0.2) is 53.6 Å². The minimum absolute atomic E-state index is 0.0907. The zero-order valence-corrected chi connectivity index (χ0v) is 17.7. The van der Waals surface area contributed by atoms with Crippen molar-refractivity contribution in [1.29, 1.82) is 0 Å². The lowest BCUT2D eigenvalue weighted by atomic mass is 10.1. The van der Waals surface area contributed by atoms with E-state index in [1.807, 2.05) is 50.2 Å². The molecule has 6 heteroatoms. The number of benzene rings is 2. The topological polar surface area (TPSA) is 71.0 Å². The number of hydrogen-bond donors (Lipinski definition) is 1. The minimum Gasteiger partial charge on any atom is -0.381 e. The summed E-state index contributed by atoms with van der Waals surface area (Å²) >= 11 is 0. The molecule has 1 N–H and O–H groups in total. The van der Waals surface area contributed by atoms with E-state index in [4.69, 9.17) is 4.74 Å². The van der Waals surface area contributed by atoms with Gasteiger partial charge in [-0.15, -0.1) is 0 Å². The number of ether oxygens (including phenoxy) is 1. The molecule has 0 aromatic heterocycles. The summed E-state index contributed by atoms with van der Waals surface area (Å²) in [6.07, 6.45) is 2.25. The number of hydrazone groups is 1. The van der Waals surface area contributed by atoms with Crippen molar-refractivity contribution in [3.05, 3.63) is 65.2 Å². The van der Waals surface area contributed by atoms with Crippen molar-refractivity contribution >= 4 is 23.2 Å². The minimum atomic E-state index is -0.220. The van der Waals surface area contributed by atoms with Gasteiger partial charge >= 0.3 is 0 Å². The van der Waals surface area contributed by atoms with Crippen molar-refractivity contribution < 1.29 is 14.3 Å². The van der Waals surface area contributed by atoms with E-state index in [1.165, 1.54) is 10.6 Å². The van der Waals surface area contributed by atoms with Gasteiger partial charge in [0.05, 0.1) is 12.3 Å². The lowest BCUT2D eigenvalue weighted by molar-refractivity contribution is -0.119. The van der Waals surface area contributed by atoms with Crippen LogP contribution in [-0.2, 0) is 20.7 Å². The normalized spacial score (nSPS) is 13.9. The summed E-state index contributed by atoms with van der Waals surface area (Å²) in [5.74, 6) is -0.311. The van der Waals surface area contributed by atoms with Gasteiger partial charge in [-0.3, -0.25) is 9.59 Å². The van der Waals surface area contributed by atoms with Crippen LogP contribution in [0.25, 0.3) is 0 Å². The van der Waals surface area contributed by atoms with Crippen LogP contribution in [0, 0.1) is 13.8 Å². The van der Waals surface area contributed by atoms with Crippen LogP contribution in [0.2, 0.25) is 0 Å². The summed E-state index contributed by atoms with van der Waals surface area (Å²) in [5, 5.41) is 8.61. The van der Waals surface area contributed by atoms with Gasteiger partial charge in [-0.2, -0.15) is 5.10 Å². The van der Waals surface area contributed by atoms with Gasteiger partial charge in [-0.25, -0.2) is 5.01 Å². The Morgan fingerprint density at radius 3 is 2.70 bits per heavy atom. The molecular formula is C24H29N3O3. The van der Waals surface area contributed by atoms with E-state index in [0.29, 0.717) is 31.9 Å². The standard InChI is InChI=1S/C24H29N3O3/c1-18-9-10-19(2)22(17-18)27-23(28)12-11-21(26-27)24(29)25-14-6-15-30-16-13-20-7-4-3-5-8-20/h3-5,7-10,17H,6,11-16H2,1-2H3,(H,25,29). The zero-order valence-electron chi connectivity index (χ0n) is 17.7. The van der Waals surface area contributed by atoms with E-state index < -0.39 is 0 Å². The van der Waals surface area contributed by atoms with Crippen LogP contribution in [-0.4, -0.2) is 37.3 Å². The summed E-state index contributed by atoms with van der Waals surface area (Å²) < 4.78 is 5.64. The molecule has 0 fully saturated rings. The van der Waals surface area contributed by atoms with Crippen molar-refractivity contribution in [2.75, 3.05) is 24.8 Å². The molecule has 0 atom stereocenters. The number of rotatable bonds is 9. The lowest BCUT2D eigenvalue weighted by Crippen LogP contribution is -2.39. The molecule has 3 rings (SSSR count). The Bertz CT molecular complexity index is 909. The third kappa shape index (κ3) is 6.00. The van der Waals surface area contributed by atoms with Crippen LogP contribution >= 0.6 is 0 Å². The smallest absolute Gasteiger partial charge is 0.267 e. The third-order valence-corrected chi connectivity index (χ3v) is 5.02. The number of nitrogens with one attached hydrogen (secondary N) is 1. The highest BCUT2D eigenvalue weighted by Crippen LogP contribution is 2.25. The molecule has 6 nitrogen and oxygen atoms in total. The van der Waals surface area contributed by atoms with Gasteiger partial charge in [-0.05, 0) is 49.4 Å². The van der Waals surface area contributed by atoms with Gasteiger partial charge in [0.25, 0.3) is 5.91 Å². The fourth-order valence-corrected chi connectivity index (χ4v) is 3.27. The molecule has 158 valence electrons. The highest BCUT2D eigenvalue weighted by atomic mass is 16.5. The molecule has 0 bridgehead atoms. The molecule has 0 saturated heterocycles. The SMILES string of the molecule is Cc1ccc(C)c(N2N=C(C(=O)NCCCOCCc3ccccc3)CCC2=O)c1. The monoisotopic (exact) mass is 407 g/mol. The molecule has 30 heavy (non-hydrogen) atoms. The Kier molecular flexibility index (Phi) is 7.74. The summed E-state index contributed by atoms with van der Waals surface area (Å²) in [6.45, 7) is 5.67. The fraction of sp³-hybridized carbons (Fsp3) is 0.375. The average molecular weight is 408 g/mol. The van der Waals surface area contributed by atoms with E-state index in [2.05, 4.69) is 22.6 Å². The first-order valence-electron chi connectivity index (χ1n) is 10.4. The van der Waals surface area contributed by atoms with Gasteiger partial charge in [0.15, 0.2) is 0 Å². The second-order valence-corrected chi connectivity index (χ2v) is 7.50. The van der Waals surface area contributed by atoms with Gasteiger partial charge < -0.3 is 10.1 Å². The molecule has 2 amide bonds. The average Bonchev–Trinajstić information content (AvgIpc) is 2.76. The fourth-order valence-electron chi connectivity index (χ4n) is 3.27. The summed E-state index contributed by atoms with van der Waals surface area (Å²) in [5.41, 5.74) is 4.37. The summed E-state index contributed by atoms with van der Waals surface area (Å²) in [7, 11) is 0. The predicted molar refractivity (Wildman–Crippen MR) is 119 cm³/mol. The molecule has 1 heterocycles. The maximum atomic E-state index is 12.5. The second kappa shape index (κ2) is 10.7. The largest absolute Gasteiger partial charge is 0.381 e. The predicted octanol–water partition coefficient (Wildman–Crippen LogP) is 3.55. The van der Waals surface area contributed by atoms with Crippen LogP contribution in [0.4, 0.5) is 5.69 Å². The van der Waals surface area contributed by atoms with Gasteiger partial charge in [0, 0.05) is 26.0 Å². The van der Waals surface area contributed by atoms with Crippen molar-refractivity contribution in [2.45, 2.75) is 39.5 Å². The Hall–Kier alpha value is -2.99. The van der Waals surface area contributed by atoms with Crippen molar-refractivity contribution in [2.24, 2.45) is 5.10 Å². The number of carbonyl (C=O) groups excluding carboxylic acids is 2. The molecular weight excluding hydrogens is 378 g/mol. The van der Waals surface area contributed by atoms with Gasteiger partial charge in [0.2, 0.25) is 5.91 Å². The zero-order chi connectivity index (χ0) is 21.3. The molecule has 0 spiro atoms. The number of anilines is 1. The maximum absolute atomic E-state index is 12.5. The second-order valence-electron chi connectivity index (χ2n) is 7.50. The summed E-state index contributed by atoms with van der Waals surface area (Å²) in [6, 6.07) is 16.1. The van der Waals surface area contributed by atoms with Crippen LogP contribution in [0.1, 0.15) is 36.0 Å². The molecule has 0 unspecified atom stereocenters. The Labute approximate surface area is 177 Å². The molecule has 2 aromatic carbocycles. The van der Waals surface area contributed by atoms with Crippen molar-refractivity contribution in [1.82, 2.24) is 5.32 Å². The van der Waals surface area contributed by atoms with Gasteiger partial charge in [-0.1, -0.05) is 42.5 Å². The van der Waals surface area contributed by atoms with E-state index in [1.54, 1.807) is 0 Å². The molecule has 2 aromatic rings. The number of amides is 2. The third-order valence-electron chi connectivity index (χ3n) is 5.02. The lowest BCUT2D eigenvalue weighted by Gasteiger charge is -2.24. The first-order valence-corrected chi connectivity index (χ1v) is 10.4. The molecule has 0 saturated carbocycles. The molecule has 0 radical (unpaired) electrons. The molecule has 1 aliphatic heterocycles. The molecule has 0 aliphatic carbocycles. The van der Waals surface area contributed by atoms with Gasteiger partial charge in [0.1, 0.15) is 5.71 Å². The Morgan fingerprint density at radius 1 is 1.10 bits per heavy atom. The van der Waals surface area contributed by atoms with Crippen LogP contribution in [0.3, 0.4) is 0 Å². The Morgan fingerprint density at radius 2 is 1.90 bits per heavy atom. The maximum Gasteiger partial charge on any atom is 0.267 e. The highest BCUT2D eigenvalue weighted by molar-refractivity contribution is 6.40. The van der Waals surface area contributed by atoms with E-state index >= 15 is 0 Å². The van der Waals surface area contributed by atoms with Crippen LogP contribution in [0.5, 0.6) is 0 Å². The summed E-state index contributed by atoms with van der Waals surface area (Å²) in [4.78, 5) is 24.8. The van der Waals surface area contributed by atoms with Crippen molar-refractivity contribution in [3.63, 3.8) is 0 Å².